The first-order valence-electron chi connectivity index (χ1n) is 4.03. The minimum absolute atomic E-state index is 0.514. The van der Waals surface area contributed by atoms with Crippen molar-refractivity contribution in [2.75, 3.05) is 20.1 Å². The summed E-state index contributed by atoms with van der Waals surface area (Å²) in [5, 5.41) is 0. The molecule has 1 saturated heterocycles. The number of likely N-dealkylation sites (tertiary alicyclic amines) is 1. The minimum atomic E-state index is 0.514. The van der Waals surface area contributed by atoms with Crippen LogP contribution in [0.15, 0.2) is 0 Å². The van der Waals surface area contributed by atoms with Crippen molar-refractivity contribution in [2.45, 2.75) is 25.8 Å². The summed E-state index contributed by atoms with van der Waals surface area (Å²) in [6.45, 7) is 4.74. The Morgan fingerprint density at radius 3 is 2.70 bits per heavy atom. The lowest BCUT2D eigenvalue weighted by Crippen LogP contribution is -2.62. The molecule has 1 aliphatic heterocycles. The van der Waals surface area contributed by atoms with Gasteiger partial charge >= 0.3 is 0 Å². The van der Waals surface area contributed by atoms with Gasteiger partial charge in [-0.15, -0.1) is 6.42 Å². The largest absolute Gasteiger partial charge is 0.313 e. The molecule has 0 saturated carbocycles. The van der Waals surface area contributed by atoms with Crippen molar-refractivity contribution in [1.29, 1.82) is 0 Å². The van der Waals surface area contributed by atoms with Gasteiger partial charge in [0.05, 0.1) is 26.6 Å². The lowest BCUT2D eigenvalue weighted by Gasteiger charge is -2.47. The zero-order valence-corrected chi connectivity index (χ0v) is 6.93. The van der Waals surface area contributed by atoms with Gasteiger partial charge in [-0.2, -0.15) is 0 Å². The summed E-state index contributed by atoms with van der Waals surface area (Å²) >= 11 is 0. The maximum Gasteiger partial charge on any atom is 0.155 e. The van der Waals surface area contributed by atoms with Crippen LogP contribution in [-0.4, -0.2) is 30.7 Å². The van der Waals surface area contributed by atoms with Crippen LogP contribution in [-0.2, 0) is 0 Å². The summed E-state index contributed by atoms with van der Waals surface area (Å²) in [4.78, 5) is 0. The molecule has 0 radical (unpaired) electrons. The zero-order valence-electron chi connectivity index (χ0n) is 6.93. The molecule has 10 heavy (non-hydrogen) atoms. The third kappa shape index (κ3) is 1.04. The van der Waals surface area contributed by atoms with Crippen molar-refractivity contribution in [3.63, 3.8) is 0 Å². The lowest BCUT2D eigenvalue weighted by atomic mass is 9.99. The van der Waals surface area contributed by atoms with Crippen LogP contribution in [0.1, 0.15) is 19.8 Å². The highest BCUT2D eigenvalue weighted by atomic mass is 15.4. The molecule has 0 aromatic carbocycles. The average Bonchev–Trinajstić information content (AvgIpc) is 1.88. The Labute approximate surface area is 63.6 Å². The van der Waals surface area contributed by atoms with Crippen molar-refractivity contribution >= 4 is 0 Å². The molecule has 0 aromatic rings. The van der Waals surface area contributed by atoms with Crippen LogP contribution in [0.3, 0.4) is 0 Å². The Morgan fingerprint density at radius 2 is 2.40 bits per heavy atom. The van der Waals surface area contributed by atoms with E-state index in [2.05, 4.69) is 19.9 Å². The molecular weight excluding hydrogens is 122 g/mol. The Hall–Kier alpha value is -0.480. The smallest absolute Gasteiger partial charge is 0.155 e. The van der Waals surface area contributed by atoms with E-state index in [4.69, 9.17) is 6.42 Å². The SMILES string of the molecule is C#C[C@@H]1CC[N+]1(C)CCC. The van der Waals surface area contributed by atoms with Crippen molar-refractivity contribution in [3.8, 4) is 12.3 Å². The number of rotatable bonds is 2. The van der Waals surface area contributed by atoms with Gasteiger partial charge in [0, 0.05) is 0 Å². The van der Waals surface area contributed by atoms with E-state index >= 15 is 0 Å². The van der Waals surface area contributed by atoms with E-state index in [1.165, 1.54) is 25.9 Å². The van der Waals surface area contributed by atoms with Gasteiger partial charge in [-0.25, -0.2) is 0 Å². The van der Waals surface area contributed by atoms with Gasteiger partial charge in [0.15, 0.2) is 6.04 Å². The van der Waals surface area contributed by atoms with Crippen LogP contribution in [0.5, 0.6) is 0 Å². The molecule has 1 heteroatoms. The molecule has 1 rings (SSSR count). The molecule has 0 bridgehead atoms. The first-order chi connectivity index (χ1) is 4.73. The first-order valence-corrected chi connectivity index (χ1v) is 4.03. The summed E-state index contributed by atoms with van der Waals surface area (Å²) in [6.07, 6.45) is 7.85. The van der Waals surface area contributed by atoms with Crippen LogP contribution < -0.4 is 0 Å². The highest BCUT2D eigenvalue weighted by molar-refractivity contribution is 4.98. The summed E-state index contributed by atoms with van der Waals surface area (Å²) < 4.78 is 1.12. The van der Waals surface area contributed by atoms with Crippen LogP contribution >= 0.6 is 0 Å². The lowest BCUT2D eigenvalue weighted by molar-refractivity contribution is -0.963. The summed E-state index contributed by atoms with van der Waals surface area (Å²) in [6, 6.07) is 0.514. The molecule has 56 valence electrons. The third-order valence-corrected chi connectivity index (χ3v) is 2.59. The fraction of sp³-hybridized carbons (Fsp3) is 0.778. The molecule has 1 nitrogen and oxygen atoms in total. The second-order valence-electron chi connectivity index (χ2n) is 3.40. The molecule has 0 aromatic heterocycles. The molecule has 0 amide bonds. The summed E-state index contributed by atoms with van der Waals surface area (Å²) in [5.41, 5.74) is 0. The maximum absolute atomic E-state index is 5.37. The number of quaternary nitrogens is 1. The number of nitrogens with zero attached hydrogens (tertiary/aromatic N) is 1. The summed E-state index contributed by atoms with van der Waals surface area (Å²) in [7, 11) is 2.26. The molecule has 0 aliphatic carbocycles. The fourth-order valence-electron chi connectivity index (χ4n) is 1.74. The van der Waals surface area contributed by atoms with E-state index in [1.54, 1.807) is 0 Å². The number of hydrogen-bond donors (Lipinski definition) is 0. The van der Waals surface area contributed by atoms with Crippen LogP contribution in [0.2, 0.25) is 0 Å². The van der Waals surface area contributed by atoms with Gasteiger partial charge in [-0.3, -0.25) is 0 Å². The Kier molecular flexibility index (Phi) is 2.01. The van der Waals surface area contributed by atoms with Gasteiger partial charge in [0.2, 0.25) is 0 Å². The Morgan fingerprint density at radius 1 is 1.70 bits per heavy atom. The minimum Gasteiger partial charge on any atom is -0.313 e. The second-order valence-corrected chi connectivity index (χ2v) is 3.40. The number of terminal acetylenes is 1. The van der Waals surface area contributed by atoms with Crippen LogP contribution in [0, 0.1) is 12.3 Å². The van der Waals surface area contributed by atoms with Crippen LogP contribution in [0.4, 0.5) is 0 Å². The molecule has 0 N–H and O–H groups in total. The fourth-order valence-corrected chi connectivity index (χ4v) is 1.74. The van der Waals surface area contributed by atoms with Crippen molar-refractivity contribution in [2.24, 2.45) is 0 Å². The molecule has 1 fully saturated rings. The topological polar surface area (TPSA) is 0 Å². The summed E-state index contributed by atoms with van der Waals surface area (Å²) in [5.74, 6) is 2.85. The zero-order chi connectivity index (χ0) is 7.61. The van der Waals surface area contributed by atoms with Crippen molar-refractivity contribution in [1.82, 2.24) is 0 Å². The van der Waals surface area contributed by atoms with Crippen molar-refractivity contribution < 1.29 is 4.48 Å². The van der Waals surface area contributed by atoms with E-state index in [9.17, 15) is 0 Å². The van der Waals surface area contributed by atoms with Gasteiger partial charge < -0.3 is 4.48 Å². The molecular formula is C9H16N+. The normalized spacial score (nSPS) is 38.3. The highest BCUT2D eigenvalue weighted by Gasteiger charge is 2.39. The van der Waals surface area contributed by atoms with Crippen LogP contribution in [0.25, 0.3) is 0 Å². The van der Waals surface area contributed by atoms with Crippen molar-refractivity contribution in [3.05, 3.63) is 0 Å². The molecule has 1 aliphatic rings. The first kappa shape index (κ1) is 7.63. The highest BCUT2D eigenvalue weighted by Crippen LogP contribution is 2.25. The van der Waals surface area contributed by atoms with E-state index in [-0.39, 0.29) is 0 Å². The maximum atomic E-state index is 5.37. The molecule has 2 atom stereocenters. The molecule has 1 unspecified atom stereocenters. The van der Waals surface area contributed by atoms with Gasteiger partial charge in [0.25, 0.3) is 0 Å². The average molecular weight is 138 g/mol. The predicted octanol–water partition coefficient (Wildman–Crippen LogP) is 1.25. The van der Waals surface area contributed by atoms with Gasteiger partial charge in [0.1, 0.15) is 0 Å². The Balaban J connectivity index is 2.46. The van der Waals surface area contributed by atoms with E-state index in [0.717, 1.165) is 4.48 Å². The predicted molar refractivity (Wildman–Crippen MR) is 43.4 cm³/mol. The monoisotopic (exact) mass is 138 g/mol. The standard InChI is InChI=1S/C9H16N/c1-4-7-10(3)8-6-9(10)5-2/h2,9H,4,6-8H2,1,3H3/q+1/t9-,10?/m1/s1. The van der Waals surface area contributed by atoms with Gasteiger partial charge in [-0.05, 0) is 12.3 Å². The second kappa shape index (κ2) is 2.64. The van der Waals surface area contributed by atoms with Gasteiger partial charge in [-0.1, -0.05) is 6.92 Å². The molecule has 0 spiro atoms. The van der Waals surface area contributed by atoms with E-state index in [0.29, 0.717) is 6.04 Å². The van der Waals surface area contributed by atoms with E-state index < -0.39 is 0 Å². The molecule has 1 heterocycles. The van der Waals surface area contributed by atoms with E-state index in [1.807, 2.05) is 0 Å². The third-order valence-electron chi connectivity index (χ3n) is 2.59. The number of hydrogen-bond acceptors (Lipinski definition) is 0. The quantitative estimate of drug-likeness (QED) is 0.398. The Bertz CT molecular complexity index is 157.